The minimum Gasteiger partial charge on any atom is -0.459 e. The zero-order chi connectivity index (χ0) is 18.1. The molecule has 0 radical (unpaired) electrons. The Kier molecular flexibility index (Phi) is 8.44. The average molecular weight is 321 g/mol. The smallest absolute Gasteiger partial charge is 0.373 e. The second-order valence-electron chi connectivity index (χ2n) is 7.22. The van der Waals surface area contributed by atoms with E-state index < -0.39 is 5.60 Å². The van der Waals surface area contributed by atoms with E-state index >= 15 is 0 Å². The van der Waals surface area contributed by atoms with Gasteiger partial charge in [-0.15, -0.1) is 0 Å². The van der Waals surface area contributed by atoms with Gasteiger partial charge in [-0.25, -0.2) is 0 Å². The van der Waals surface area contributed by atoms with Gasteiger partial charge in [0.25, 0.3) is 0 Å². The van der Waals surface area contributed by atoms with E-state index in [1.807, 2.05) is 20.8 Å². The molecule has 1 rings (SSSR count). The summed E-state index contributed by atoms with van der Waals surface area (Å²) < 4.78 is 5.25. The Morgan fingerprint density at radius 2 is 1.70 bits per heavy atom. The van der Waals surface area contributed by atoms with Gasteiger partial charge in [-0.3, -0.25) is 4.79 Å². The number of hydrogen-bond acceptors (Lipinski definition) is 5. The van der Waals surface area contributed by atoms with Crippen LogP contribution in [0.5, 0.6) is 0 Å². The fraction of sp³-hybridized carbons (Fsp3) is 0.556. The fourth-order valence-electron chi connectivity index (χ4n) is 1.83. The Hall–Kier alpha value is -1.97. The summed E-state index contributed by atoms with van der Waals surface area (Å²) in [6, 6.07) is 8.45. The lowest BCUT2D eigenvalue weighted by Gasteiger charge is -2.20. The predicted molar refractivity (Wildman–Crippen MR) is 87.7 cm³/mol. The molecule has 0 heterocycles. The van der Waals surface area contributed by atoms with E-state index in [4.69, 9.17) is 14.3 Å². The average Bonchev–Trinajstić information content (AvgIpc) is 2.37. The molecule has 1 N–H and O–H groups in total. The van der Waals surface area contributed by atoms with Crippen LogP contribution in [0.25, 0.3) is 0 Å². The van der Waals surface area contributed by atoms with Crippen molar-refractivity contribution in [3.63, 3.8) is 0 Å². The van der Waals surface area contributed by atoms with Gasteiger partial charge >= 0.3 is 12.1 Å². The highest BCUT2D eigenvalue weighted by Gasteiger charge is 2.16. The van der Waals surface area contributed by atoms with Crippen LogP contribution in [0.3, 0.4) is 0 Å². The van der Waals surface area contributed by atoms with Gasteiger partial charge in [-0.1, -0.05) is 45.0 Å². The monoisotopic (exact) mass is 321 g/mol. The molecule has 0 aliphatic heterocycles. The summed E-state index contributed by atoms with van der Waals surface area (Å²) >= 11 is 0. The molecular weight excluding hydrogens is 294 g/mol. The summed E-state index contributed by atoms with van der Waals surface area (Å²) in [6.45, 7) is 13.1. The number of carbonyl (C=O) groups excluding carboxylic acids is 3. The van der Waals surface area contributed by atoms with Crippen molar-refractivity contribution in [2.75, 3.05) is 6.54 Å². The highest BCUT2D eigenvalue weighted by molar-refractivity contribution is 5.72. The molecule has 0 bridgehead atoms. The van der Waals surface area contributed by atoms with Gasteiger partial charge in [0.15, 0.2) is 0 Å². The van der Waals surface area contributed by atoms with Crippen molar-refractivity contribution in [3.05, 3.63) is 35.4 Å². The van der Waals surface area contributed by atoms with Gasteiger partial charge < -0.3 is 10.1 Å². The zero-order valence-electron chi connectivity index (χ0n) is 14.9. The first kappa shape index (κ1) is 21.0. The molecule has 5 nitrogen and oxygen atoms in total. The van der Waals surface area contributed by atoms with E-state index in [1.165, 1.54) is 11.1 Å². The Morgan fingerprint density at radius 3 is 2.17 bits per heavy atom. The maximum absolute atomic E-state index is 11.6. The van der Waals surface area contributed by atoms with Gasteiger partial charge in [0, 0.05) is 6.54 Å². The molecule has 0 aliphatic carbocycles. The number of ether oxygens (including phenoxy) is 1. The van der Waals surface area contributed by atoms with Crippen molar-refractivity contribution in [1.82, 2.24) is 5.32 Å². The Labute approximate surface area is 138 Å². The van der Waals surface area contributed by atoms with Gasteiger partial charge in [0.2, 0.25) is 0 Å². The van der Waals surface area contributed by atoms with Crippen molar-refractivity contribution in [3.8, 4) is 0 Å². The summed E-state index contributed by atoms with van der Waals surface area (Å²) in [5.74, 6) is -0.218. The maximum atomic E-state index is 11.6. The Morgan fingerprint density at radius 1 is 1.13 bits per heavy atom. The van der Waals surface area contributed by atoms with Crippen molar-refractivity contribution >= 4 is 12.1 Å². The molecule has 0 atom stereocenters. The van der Waals surface area contributed by atoms with Crippen LogP contribution in [0.4, 0.5) is 0 Å². The van der Waals surface area contributed by atoms with Crippen LogP contribution < -0.4 is 5.32 Å². The zero-order valence-corrected chi connectivity index (χ0v) is 14.9. The molecule has 5 heteroatoms. The van der Waals surface area contributed by atoms with Gasteiger partial charge in [0.1, 0.15) is 5.60 Å². The standard InChI is InChI=1S/C17H27NO2.CO2/c1-16(2,3)14-9-7-8-13(10-14)11-18-12-15(19)20-17(4,5)6;2-1-3/h7-10,18H,11-12H2,1-6H3;. The van der Waals surface area contributed by atoms with Crippen molar-refractivity contribution in [2.24, 2.45) is 0 Å². The summed E-state index contributed by atoms with van der Waals surface area (Å²) in [7, 11) is 0. The Balaban J connectivity index is 0.00000149. The van der Waals surface area contributed by atoms with E-state index in [-0.39, 0.29) is 24.1 Å². The summed E-state index contributed by atoms with van der Waals surface area (Å²) in [4.78, 5) is 27.8. The molecule has 0 aromatic heterocycles. The van der Waals surface area contributed by atoms with Crippen LogP contribution in [-0.2, 0) is 31.1 Å². The van der Waals surface area contributed by atoms with E-state index in [9.17, 15) is 4.79 Å². The Bertz CT molecular complexity index is 533. The molecular formula is C18H27NO4. The lowest BCUT2D eigenvalue weighted by molar-refractivity contribution is -0.191. The maximum Gasteiger partial charge on any atom is 0.373 e. The highest BCUT2D eigenvalue weighted by atomic mass is 16.6. The molecule has 0 spiro atoms. The number of hydrogen-bond donors (Lipinski definition) is 1. The van der Waals surface area contributed by atoms with Crippen LogP contribution in [-0.4, -0.2) is 24.3 Å². The molecule has 128 valence electrons. The van der Waals surface area contributed by atoms with Crippen molar-refractivity contribution in [2.45, 2.75) is 59.1 Å². The summed E-state index contributed by atoms with van der Waals surface area (Å²) in [5.41, 5.74) is 2.20. The van der Waals surface area contributed by atoms with Crippen LogP contribution in [0.15, 0.2) is 24.3 Å². The van der Waals surface area contributed by atoms with E-state index in [0.717, 1.165) is 0 Å². The first-order chi connectivity index (χ1) is 10.5. The van der Waals surface area contributed by atoms with Gasteiger partial charge in [-0.2, -0.15) is 9.59 Å². The first-order valence-corrected chi connectivity index (χ1v) is 7.51. The normalized spacial score (nSPS) is 11.0. The predicted octanol–water partition coefficient (Wildman–Crippen LogP) is 2.83. The molecule has 0 amide bonds. The number of carbonyl (C=O) groups is 1. The fourth-order valence-corrected chi connectivity index (χ4v) is 1.83. The van der Waals surface area contributed by atoms with E-state index in [0.29, 0.717) is 6.54 Å². The molecule has 0 fully saturated rings. The number of nitrogens with one attached hydrogen (secondary N) is 1. The molecule has 0 saturated heterocycles. The van der Waals surface area contributed by atoms with Crippen molar-refractivity contribution in [1.29, 1.82) is 0 Å². The van der Waals surface area contributed by atoms with Crippen LogP contribution in [0.2, 0.25) is 0 Å². The third-order valence-electron chi connectivity index (χ3n) is 2.81. The quantitative estimate of drug-likeness (QED) is 0.863. The number of benzene rings is 1. The first-order valence-electron chi connectivity index (χ1n) is 7.51. The molecule has 1 aromatic rings. The molecule has 0 unspecified atom stereocenters. The van der Waals surface area contributed by atoms with Crippen molar-refractivity contribution < 1.29 is 19.1 Å². The van der Waals surface area contributed by atoms with E-state index in [2.05, 4.69) is 50.4 Å². The molecule has 23 heavy (non-hydrogen) atoms. The highest BCUT2D eigenvalue weighted by Crippen LogP contribution is 2.22. The van der Waals surface area contributed by atoms with Crippen LogP contribution in [0.1, 0.15) is 52.7 Å². The topological polar surface area (TPSA) is 72.5 Å². The van der Waals surface area contributed by atoms with Crippen LogP contribution in [0, 0.1) is 0 Å². The summed E-state index contributed by atoms with van der Waals surface area (Å²) in [5, 5.41) is 3.13. The largest absolute Gasteiger partial charge is 0.459 e. The van der Waals surface area contributed by atoms with Gasteiger partial charge in [0.05, 0.1) is 6.54 Å². The lowest BCUT2D eigenvalue weighted by atomic mass is 9.86. The minimum absolute atomic E-state index is 0.140. The third-order valence-corrected chi connectivity index (χ3v) is 2.81. The summed E-state index contributed by atoms with van der Waals surface area (Å²) in [6.07, 6.45) is 0.250. The van der Waals surface area contributed by atoms with Gasteiger partial charge in [-0.05, 0) is 37.3 Å². The molecule has 0 aliphatic rings. The SMILES string of the molecule is CC(C)(C)OC(=O)CNCc1cccc(C(C)(C)C)c1.O=C=O. The molecule has 0 saturated carbocycles. The lowest BCUT2D eigenvalue weighted by Crippen LogP contribution is -2.31. The molecule has 1 aromatic carbocycles. The number of rotatable bonds is 4. The number of esters is 1. The van der Waals surface area contributed by atoms with Crippen LogP contribution >= 0.6 is 0 Å². The minimum atomic E-state index is -0.426. The third kappa shape index (κ3) is 10.4. The van der Waals surface area contributed by atoms with E-state index in [1.54, 1.807) is 0 Å². The second kappa shape index (κ2) is 9.23. The second-order valence-corrected chi connectivity index (χ2v) is 7.22.